The molecule has 16 heavy (non-hydrogen) atoms. The summed E-state index contributed by atoms with van der Waals surface area (Å²) in [6.07, 6.45) is 1.56. The minimum Gasteiger partial charge on any atom is -0.359 e. The Bertz CT molecular complexity index is 243. The zero-order valence-corrected chi connectivity index (χ0v) is 10.6. The van der Waals surface area contributed by atoms with E-state index in [2.05, 4.69) is 5.32 Å². The van der Waals surface area contributed by atoms with Crippen LogP contribution in [-0.2, 0) is 9.59 Å². The van der Waals surface area contributed by atoms with Gasteiger partial charge in [-0.05, 0) is 6.42 Å². The number of nitrogens with two attached hydrogens (primary N) is 1. The molecule has 0 aromatic heterocycles. The molecule has 0 aliphatic heterocycles. The van der Waals surface area contributed by atoms with Crippen molar-refractivity contribution in [2.24, 2.45) is 11.7 Å². The zero-order chi connectivity index (χ0) is 12.7. The highest BCUT2D eigenvalue weighted by Crippen LogP contribution is 2.02. The normalized spacial score (nSPS) is 14.1. The fourth-order valence-corrected chi connectivity index (χ4v) is 1.55. The van der Waals surface area contributed by atoms with Crippen molar-refractivity contribution in [3.63, 3.8) is 0 Å². The van der Waals surface area contributed by atoms with E-state index in [1.165, 1.54) is 4.90 Å². The van der Waals surface area contributed by atoms with E-state index in [1.807, 2.05) is 6.92 Å². The van der Waals surface area contributed by atoms with Gasteiger partial charge >= 0.3 is 0 Å². The van der Waals surface area contributed by atoms with Crippen LogP contribution >= 0.6 is 0 Å². The molecule has 0 radical (unpaired) electrons. The van der Waals surface area contributed by atoms with E-state index >= 15 is 0 Å². The van der Waals surface area contributed by atoms with Gasteiger partial charge in [0, 0.05) is 20.6 Å². The average molecular weight is 229 g/mol. The molecule has 1 unspecified atom stereocenters. The van der Waals surface area contributed by atoms with Gasteiger partial charge in [-0.3, -0.25) is 9.59 Å². The van der Waals surface area contributed by atoms with Gasteiger partial charge in [0.25, 0.3) is 0 Å². The number of hydrogen-bond acceptors (Lipinski definition) is 3. The van der Waals surface area contributed by atoms with E-state index < -0.39 is 6.04 Å². The molecule has 0 saturated heterocycles. The van der Waals surface area contributed by atoms with Gasteiger partial charge < -0.3 is 16.0 Å². The Morgan fingerprint density at radius 3 is 2.44 bits per heavy atom. The highest BCUT2D eigenvalue weighted by Gasteiger charge is 2.21. The van der Waals surface area contributed by atoms with Gasteiger partial charge in [0.2, 0.25) is 11.8 Å². The summed E-state index contributed by atoms with van der Waals surface area (Å²) in [5, 5.41) is 2.56. The van der Waals surface area contributed by atoms with Crippen LogP contribution in [0.5, 0.6) is 0 Å². The maximum Gasteiger partial charge on any atom is 0.239 e. The highest BCUT2D eigenvalue weighted by atomic mass is 16.2. The second-order valence-electron chi connectivity index (χ2n) is 4.13. The molecule has 0 saturated carbocycles. The zero-order valence-electron chi connectivity index (χ0n) is 10.6. The van der Waals surface area contributed by atoms with Crippen molar-refractivity contribution in [3.05, 3.63) is 0 Å². The quantitative estimate of drug-likeness (QED) is 0.671. The van der Waals surface area contributed by atoms with Crippen LogP contribution in [0.1, 0.15) is 26.7 Å². The highest BCUT2D eigenvalue weighted by molar-refractivity contribution is 5.83. The predicted molar refractivity (Wildman–Crippen MR) is 63.8 cm³/mol. The number of likely N-dealkylation sites (N-methyl/N-ethyl adjacent to an activating group) is 1. The number of rotatable bonds is 6. The number of hydrogen-bond donors (Lipinski definition) is 2. The van der Waals surface area contributed by atoms with Gasteiger partial charge in [-0.15, -0.1) is 0 Å². The molecule has 5 nitrogen and oxygen atoms in total. The number of carbonyl (C=O) groups excluding carboxylic acids is 2. The molecule has 2 amide bonds. The molecule has 0 aromatic rings. The van der Waals surface area contributed by atoms with Crippen LogP contribution in [-0.4, -0.2) is 43.4 Å². The van der Waals surface area contributed by atoms with Crippen molar-refractivity contribution >= 4 is 11.8 Å². The molecular weight excluding hydrogens is 206 g/mol. The van der Waals surface area contributed by atoms with E-state index in [0.717, 1.165) is 6.42 Å². The number of carbonyl (C=O) groups is 2. The first-order valence-electron chi connectivity index (χ1n) is 5.66. The van der Waals surface area contributed by atoms with Gasteiger partial charge in [0.15, 0.2) is 0 Å². The summed E-state index contributed by atoms with van der Waals surface area (Å²) >= 11 is 0. The van der Waals surface area contributed by atoms with Crippen LogP contribution < -0.4 is 11.1 Å². The minimum absolute atomic E-state index is 0.0660. The Morgan fingerprint density at radius 2 is 2.00 bits per heavy atom. The van der Waals surface area contributed by atoms with E-state index in [1.54, 1.807) is 21.0 Å². The Hall–Kier alpha value is -1.10. The van der Waals surface area contributed by atoms with Crippen molar-refractivity contribution in [2.45, 2.75) is 32.7 Å². The SMILES string of the molecule is CCC[C@H](N)C(=O)N(C)CC(C)C(=O)NC. The van der Waals surface area contributed by atoms with Crippen LogP contribution in [0.25, 0.3) is 0 Å². The standard InChI is InChI=1S/C11H23N3O2/c1-5-6-9(12)11(16)14(4)7-8(2)10(15)13-3/h8-9H,5-7,12H2,1-4H3,(H,13,15)/t8?,9-/m0/s1. The summed E-state index contributed by atoms with van der Waals surface area (Å²) in [7, 11) is 3.26. The van der Waals surface area contributed by atoms with Gasteiger partial charge in [0.05, 0.1) is 12.0 Å². The molecule has 0 fully saturated rings. The third-order valence-electron chi connectivity index (χ3n) is 2.53. The van der Waals surface area contributed by atoms with Crippen molar-refractivity contribution in [3.8, 4) is 0 Å². The van der Waals surface area contributed by atoms with E-state index in [4.69, 9.17) is 5.73 Å². The minimum atomic E-state index is -0.452. The molecule has 3 N–H and O–H groups in total. The van der Waals surface area contributed by atoms with E-state index in [-0.39, 0.29) is 17.7 Å². The van der Waals surface area contributed by atoms with Crippen LogP contribution in [0.2, 0.25) is 0 Å². The third kappa shape index (κ3) is 4.61. The second-order valence-corrected chi connectivity index (χ2v) is 4.13. The Kier molecular flexibility index (Phi) is 6.72. The largest absolute Gasteiger partial charge is 0.359 e. The molecule has 0 aromatic carbocycles. The number of amides is 2. The summed E-state index contributed by atoms with van der Waals surface area (Å²) < 4.78 is 0. The lowest BCUT2D eigenvalue weighted by atomic mass is 10.1. The molecule has 94 valence electrons. The summed E-state index contributed by atoms with van der Waals surface area (Å²) in [4.78, 5) is 24.6. The lowest BCUT2D eigenvalue weighted by molar-refractivity contribution is -0.133. The average Bonchev–Trinajstić information content (AvgIpc) is 2.26. The first kappa shape index (κ1) is 14.9. The number of nitrogens with zero attached hydrogens (tertiary/aromatic N) is 1. The predicted octanol–water partition coefficient (Wildman–Crippen LogP) is -0.0457. The van der Waals surface area contributed by atoms with Crippen LogP contribution in [0.4, 0.5) is 0 Å². The lowest BCUT2D eigenvalue weighted by Gasteiger charge is -2.23. The smallest absolute Gasteiger partial charge is 0.239 e. The summed E-state index contributed by atoms with van der Waals surface area (Å²) in [6.45, 7) is 4.17. The number of nitrogens with one attached hydrogen (secondary N) is 1. The summed E-state index contributed by atoms with van der Waals surface area (Å²) in [5.74, 6) is -0.380. The van der Waals surface area contributed by atoms with Crippen molar-refractivity contribution in [1.29, 1.82) is 0 Å². The van der Waals surface area contributed by atoms with Crippen molar-refractivity contribution in [1.82, 2.24) is 10.2 Å². The fourth-order valence-electron chi connectivity index (χ4n) is 1.55. The molecule has 0 bridgehead atoms. The molecule has 0 rings (SSSR count). The first-order valence-corrected chi connectivity index (χ1v) is 5.66. The van der Waals surface area contributed by atoms with Crippen molar-refractivity contribution in [2.75, 3.05) is 20.6 Å². The van der Waals surface area contributed by atoms with Gasteiger partial charge in [-0.1, -0.05) is 20.3 Å². The van der Waals surface area contributed by atoms with Gasteiger partial charge in [-0.2, -0.15) is 0 Å². The molecule has 2 atom stereocenters. The molecule has 5 heteroatoms. The fraction of sp³-hybridized carbons (Fsp3) is 0.818. The summed E-state index contributed by atoms with van der Waals surface area (Å²) in [6, 6.07) is -0.452. The molecule has 0 spiro atoms. The molecular formula is C11H23N3O2. The Balaban J connectivity index is 4.19. The summed E-state index contributed by atoms with van der Waals surface area (Å²) in [5.41, 5.74) is 5.72. The molecule has 0 heterocycles. The van der Waals surface area contributed by atoms with E-state index in [0.29, 0.717) is 13.0 Å². The van der Waals surface area contributed by atoms with Crippen molar-refractivity contribution < 1.29 is 9.59 Å². The van der Waals surface area contributed by atoms with Crippen LogP contribution in [0.15, 0.2) is 0 Å². The van der Waals surface area contributed by atoms with Gasteiger partial charge in [-0.25, -0.2) is 0 Å². The monoisotopic (exact) mass is 229 g/mol. The molecule has 0 aliphatic rings. The lowest BCUT2D eigenvalue weighted by Crippen LogP contribution is -2.45. The molecule has 0 aliphatic carbocycles. The maximum absolute atomic E-state index is 11.7. The Labute approximate surface area is 97.4 Å². The maximum atomic E-state index is 11.7. The second kappa shape index (κ2) is 7.22. The topological polar surface area (TPSA) is 75.4 Å². The Morgan fingerprint density at radius 1 is 1.44 bits per heavy atom. The van der Waals surface area contributed by atoms with Crippen LogP contribution in [0.3, 0.4) is 0 Å². The van der Waals surface area contributed by atoms with Gasteiger partial charge in [0.1, 0.15) is 0 Å². The van der Waals surface area contributed by atoms with E-state index in [9.17, 15) is 9.59 Å². The first-order chi connectivity index (χ1) is 7.43. The van der Waals surface area contributed by atoms with Crippen LogP contribution in [0, 0.1) is 5.92 Å². The third-order valence-corrected chi connectivity index (χ3v) is 2.53.